The van der Waals surface area contributed by atoms with Crippen molar-refractivity contribution in [2.45, 2.75) is 0 Å². The molecule has 2 N–H and O–H groups in total. The molecule has 0 spiro atoms. The van der Waals surface area contributed by atoms with Crippen molar-refractivity contribution in [1.29, 1.82) is 0 Å². The van der Waals surface area contributed by atoms with Gasteiger partial charge in [-0.05, 0) is 40.2 Å². The lowest BCUT2D eigenvalue weighted by molar-refractivity contribution is -0.114. The Morgan fingerprint density at radius 1 is 1.05 bits per heavy atom. The second-order valence-corrected chi connectivity index (χ2v) is 4.84. The summed E-state index contributed by atoms with van der Waals surface area (Å²) >= 11 is 3.30. The summed E-state index contributed by atoms with van der Waals surface area (Å²) in [4.78, 5) is 11.7. The van der Waals surface area contributed by atoms with Gasteiger partial charge in [-0.1, -0.05) is 18.2 Å². The summed E-state index contributed by atoms with van der Waals surface area (Å²) in [5, 5.41) is 5.20. The van der Waals surface area contributed by atoms with Gasteiger partial charge in [-0.3, -0.25) is 4.79 Å². The van der Waals surface area contributed by atoms with Crippen molar-refractivity contribution in [2.75, 3.05) is 17.2 Å². The van der Waals surface area contributed by atoms with Gasteiger partial charge in [0.05, 0.1) is 17.9 Å². The largest absolute Gasteiger partial charge is 0.374 e. The van der Waals surface area contributed by atoms with Crippen LogP contribution < -0.4 is 10.6 Å². The van der Waals surface area contributed by atoms with E-state index < -0.39 is 11.6 Å². The molecule has 20 heavy (non-hydrogen) atoms. The summed E-state index contributed by atoms with van der Waals surface area (Å²) < 4.78 is 27.1. The van der Waals surface area contributed by atoms with E-state index in [-0.39, 0.29) is 18.1 Å². The fourth-order valence-corrected chi connectivity index (χ4v) is 1.96. The predicted octanol–water partition coefficient (Wildman–Crippen LogP) is 3.78. The number of para-hydroxylation sites is 1. The van der Waals surface area contributed by atoms with Gasteiger partial charge in [0.25, 0.3) is 0 Å². The molecule has 0 aromatic heterocycles. The van der Waals surface area contributed by atoms with Crippen molar-refractivity contribution < 1.29 is 13.6 Å². The van der Waals surface area contributed by atoms with Crippen LogP contribution in [0.25, 0.3) is 0 Å². The number of halogens is 3. The zero-order valence-corrected chi connectivity index (χ0v) is 11.9. The topological polar surface area (TPSA) is 41.1 Å². The van der Waals surface area contributed by atoms with Crippen LogP contribution in [-0.4, -0.2) is 12.5 Å². The quantitative estimate of drug-likeness (QED) is 0.889. The molecular formula is C14H11BrF2N2O. The third-order valence-electron chi connectivity index (χ3n) is 2.54. The number of hydrogen-bond donors (Lipinski definition) is 2. The van der Waals surface area contributed by atoms with Gasteiger partial charge >= 0.3 is 0 Å². The van der Waals surface area contributed by atoms with E-state index in [2.05, 4.69) is 26.6 Å². The molecule has 0 saturated carbocycles. The molecule has 0 aliphatic rings. The first-order chi connectivity index (χ1) is 9.58. The fraction of sp³-hybridized carbons (Fsp3) is 0.0714. The Morgan fingerprint density at radius 2 is 1.75 bits per heavy atom. The minimum Gasteiger partial charge on any atom is -0.374 e. The second kappa shape index (κ2) is 6.47. The van der Waals surface area contributed by atoms with E-state index in [1.165, 1.54) is 12.1 Å². The van der Waals surface area contributed by atoms with Gasteiger partial charge < -0.3 is 10.6 Å². The molecule has 0 bridgehead atoms. The van der Waals surface area contributed by atoms with Gasteiger partial charge in [0, 0.05) is 4.47 Å². The Hall–Kier alpha value is -1.95. The molecule has 2 aromatic carbocycles. The number of hydrogen-bond acceptors (Lipinski definition) is 2. The van der Waals surface area contributed by atoms with Gasteiger partial charge in [-0.2, -0.15) is 0 Å². The van der Waals surface area contributed by atoms with Crippen molar-refractivity contribution >= 4 is 33.2 Å². The maximum Gasteiger partial charge on any atom is 0.243 e. The van der Waals surface area contributed by atoms with Crippen LogP contribution in [0.1, 0.15) is 0 Å². The van der Waals surface area contributed by atoms with E-state index in [4.69, 9.17) is 0 Å². The van der Waals surface area contributed by atoms with Crippen molar-refractivity contribution in [3.8, 4) is 0 Å². The van der Waals surface area contributed by atoms with Gasteiger partial charge in [0.1, 0.15) is 0 Å². The van der Waals surface area contributed by atoms with Crippen molar-refractivity contribution in [3.63, 3.8) is 0 Å². The molecular weight excluding hydrogens is 330 g/mol. The Bertz CT molecular complexity index is 634. The molecule has 0 radical (unpaired) electrons. The molecule has 0 aliphatic carbocycles. The van der Waals surface area contributed by atoms with Crippen LogP contribution in [0.3, 0.4) is 0 Å². The Morgan fingerprint density at radius 3 is 2.50 bits per heavy atom. The molecule has 2 aromatic rings. The fourth-order valence-electron chi connectivity index (χ4n) is 1.57. The summed E-state index contributed by atoms with van der Waals surface area (Å²) in [5.74, 6) is -2.32. The minimum atomic E-state index is -0.999. The maximum atomic E-state index is 13.4. The Balaban J connectivity index is 1.96. The first-order valence-corrected chi connectivity index (χ1v) is 6.59. The number of anilines is 2. The average Bonchev–Trinajstić information content (AvgIpc) is 2.43. The molecule has 1 amide bonds. The van der Waals surface area contributed by atoms with Crippen molar-refractivity contribution in [3.05, 3.63) is 58.6 Å². The van der Waals surface area contributed by atoms with E-state index in [0.717, 1.165) is 10.5 Å². The first kappa shape index (κ1) is 14.5. The van der Waals surface area contributed by atoms with Crippen LogP contribution in [0.2, 0.25) is 0 Å². The first-order valence-electron chi connectivity index (χ1n) is 5.80. The van der Waals surface area contributed by atoms with Crippen LogP contribution in [0, 0.1) is 11.6 Å². The molecule has 0 atom stereocenters. The number of benzene rings is 2. The summed E-state index contributed by atoms with van der Waals surface area (Å²) in [6.45, 7) is -0.165. The molecule has 0 aliphatic heterocycles. The number of rotatable bonds is 4. The standard InChI is InChI=1S/C14H11BrF2N2O/c15-9-4-1-2-6-11(9)19-13(20)8-18-12-7-3-5-10(16)14(12)17/h1-7,18H,8H2,(H,19,20). The van der Waals surface area contributed by atoms with Crippen LogP contribution in [-0.2, 0) is 4.79 Å². The van der Waals surface area contributed by atoms with Gasteiger partial charge in [-0.25, -0.2) is 8.78 Å². The lowest BCUT2D eigenvalue weighted by Crippen LogP contribution is -2.22. The van der Waals surface area contributed by atoms with Crippen LogP contribution in [0.4, 0.5) is 20.2 Å². The monoisotopic (exact) mass is 340 g/mol. The smallest absolute Gasteiger partial charge is 0.243 e. The van der Waals surface area contributed by atoms with Gasteiger partial charge in [-0.15, -0.1) is 0 Å². The number of amides is 1. The highest BCUT2D eigenvalue weighted by atomic mass is 79.9. The van der Waals surface area contributed by atoms with Crippen LogP contribution >= 0.6 is 15.9 Å². The number of nitrogens with one attached hydrogen (secondary N) is 2. The third-order valence-corrected chi connectivity index (χ3v) is 3.23. The van der Waals surface area contributed by atoms with Crippen LogP contribution in [0.15, 0.2) is 46.9 Å². The average molecular weight is 341 g/mol. The minimum absolute atomic E-state index is 0.0488. The van der Waals surface area contributed by atoms with Crippen molar-refractivity contribution in [1.82, 2.24) is 0 Å². The van der Waals surface area contributed by atoms with E-state index in [1.807, 2.05) is 6.07 Å². The second-order valence-electron chi connectivity index (χ2n) is 3.98. The summed E-state index contributed by atoms with van der Waals surface area (Å²) in [5.41, 5.74) is 0.561. The lowest BCUT2D eigenvalue weighted by atomic mass is 10.3. The SMILES string of the molecule is O=C(CNc1cccc(F)c1F)Nc1ccccc1Br. The molecule has 0 saturated heterocycles. The Kier molecular flexibility index (Phi) is 4.68. The van der Waals surface area contributed by atoms with Crippen molar-refractivity contribution in [2.24, 2.45) is 0 Å². The van der Waals surface area contributed by atoms with E-state index in [9.17, 15) is 13.6 Å². The number of carbonyl (C=O) groups excluding carboxylic acids is 1. The van der Waals surface area contributed by atoms with Crippen LogP contribution in [0.5, 0.6) is 0 Å². The summed E-state index contributed by atoms with van der Waals surface area (Å²) in [6, 6.07) is 10.9. The number of carbonyl (C=O) groups is 1. The summed E-state index contributed by atoms with van der Waals surface area (Å²) in [6.07, 6.45) is 0. The van der Waals surface area contributed by atoms with E-state index in [0.29, 0.717) is 5.69 Å². The van der Waals surface area contributed by atoms with E-state index >= 15 is 0 Å². The van der Waals surface area contributed by atoms with Gasteiger partial charge in [0.15, 0.2) is 11.6 Å². The van der Waals surface area contributed by atoms with E-state index in [1.54, 1.807) is 18.2 Å². The highest BCUT2D eigenvalue weighted by Gasteiger charge is 2.09. The molecule has 3 nitrogen and oxygen atoms in total. The molecule has 0 unspecified atom stereocenters. The molecule has 0 fully saturated rings. The van der Waals surface area contributed by atoms with Gasteiger partial charge in [0.2, 0.25) is 5.91 Å². The summed E-state index contributed by atoms with van der Waals surface area (Å²) in [7, 11) is 0. The highest BCUT2D eigenvalue weighted by Crippen LogP contribution is 2.21. The normalized spacial score (nSPS) is 10.2. The zero-order chi connectivity index (χ0) is 14.5. The Labute approximate surface area is 123 Å². The maximum absolute atomic E-state index is 13.4. The molecule has 2 rings (SSSR count). The predicted molar refractivity (Wildman–Crippen MR) is 77.6 cm³/mol. The highest BCUT2D eigenvalue weighted by molar-refractivity contribution is 9.10. The molecule has 6 heteroatoms. The molecule has 0 heterocycles. The lowest BCUT2D eigenvalue weighted by Gasteiger charge is -2.09. The molecule has 104 valence electrons. The third kappa shape index (κ3) is 3.54. The zero-order valence-electron chi connectivity index (χ0n) is 10.3.